The zero-order chi connectivity index (χ0) is 6.41. The topological polar surface area (TPSA) is 35.5 Å². The molecule has 0 aromatic carbocycles. The molecule has 0 amide bonds. The fourth-order valence-electron chi connectivity index (χ4n) is 0.208. The second kappa shape index (κ2) is 4.80. The summed E-state index contributed by atoms with van der Waals surface area (Å²) < 4.78 is 9.30. The molecule has 0 saturated carbocycles. The van der Waals surface area contributed by atoms with Crippen molar-refractivity contribution in [1.29, 1.82) is 0 Å². The van der Waals surface area contributed by atoms with Crippen LogP contribution in [-0.4, -0.2) is 22.5 Å². The molecular weight excluding hydrogens is 124 g/mol. The molecule has 0 aromatic heterocycles. The van der Waals surface area contributed by atoms with Gasteiger partial charge in [0.15, 0.2) is 16.6 Å². The number of carbonyl (C=O) groups is 1. The number of hydrogen-bond donors (Lipinski definition) is 0. The monoisotopic (exact) mass is 134 g/mol. The SMILES string of the molecule is C[SiH2]OCOC(C)=O. The average Bonchev–Trinajstić information content (AvgIpc) is 1.66. The molecule has 0 spiro atoms. The first kappa shape index (κ1) is 7.65. The Bertz CT molecular complexity index is 73.7. The van der Waals surface area contributed by atoms with Gasteiger partial charge in [-0.05, 0) is 0 Å². The maximum Gasteiger partial charge on any atom is 0.304 e. The molecule has 0 unspecified atom stereocenters. The molecule has 0 bridgehead atoms. The van der Waals surface area contributed by atoms with Gasteiger partial charge in [0, 0.05) is 6.92 Å². The minimum Gasteiger partial charge on any atom is -0.440 e. The van der Waals surface area contributed by atoms with Crippen molar-refractivity contribution in [2.45, 2.75) is 13.5 Å². The van der Waals surface area contributed by atoms with Gasteiger partial charge < -0.3 is 9.16 Å². The van der Waals surface area contributed by atoms with Crippen molar-refractivity contribution in [3.8, 4) is 0 Å². The van der Waals surface area contributed by atoms with Crippen molar-refractivity contribution in [2.24, 2.45) is 0 Å². The summed E-state index contributed by atoms with van der Waals surface area (Å²) in [5, 5.41) is 0. The Hall–Kier alpha value is -0.353. The maximum atomic E-state index is 10.0. The lowest BCUT2D eigenvalue weighted by Gasteiger charge is -1.98. The molecule has 0 N–H and O–H groups in total. The zero-order valence-electron chi connectivity index (χ0n) is 5.14. The Kier molecular flexibility index (Phi) is 4.59. The predicted molar refractivity (Wildman–Crippen MR) is 32.1 cm³/mol. The van der Waals surface area contributed by atoms with Crippen LogP contribution < -0.4 is 0 Å². The summed E-state index contributed by atoms with van der Waals surface area (Å²) in [5.41, 5.74) is 0. The highest BCUT2D eigenvalue weighted by Gasteiger charge is 1.87. The lowest BCUT2D eigenvalue weighted by Crippen LogP contribution is -2.04. The van der Waals surface area contributed by atoms with Crippen LogP contribution in [0.1, 0.15) is 6.92 Å². The van der Waals surface area contributed by atoms with Crippen molar-refractivity contribution in [3.05, 3.63) is 0 Å². The first-order chi connectivity index (χ1) is 3.77. The number of esters is 1. The van der Waals surface area contributed by atoms with Gasteiger partial charge in [-0.25, -0.2) is 0 Å². The standard InChI is InChI=1S/C4H10O3Si/c1-4(5)6-3-7-8-2/h3,8H2,1-2H3. The minimum atomic E-state index is -0.406. The van der Waals surface area contributed by atoms with Crippen molar-refractivity contribution in [2.75, 3.05) is 6.79 Å². The van der Waals surface area contributed by atoms with E-state index in [1.807, 2.05) is 6.55 Å². The predicted octanol–water partition coefficient (Wildman–Crippen LogP) is -0.345. The quantitative estimate of drug-likeness (QED) is 0.229. The van der Waals surface area contributed by atoms with Gasteiger partial charge in [0.2, 0.25) is 0 Å². The first-order valence-corrected chi connectivity index (χ1v) is 4.47. The molecule has 0 aliphatic heterocycles. The zero-order valence-corrected chi connectivity index (χ0v) is 6.55. The molecule has 0 aliphatic carbocycles. The Morgan fingerprint density at radius 1 is 1.75 bits per heavy atom. The molecule has 48 valence electrons. The van der Waals surface area contributed by atoms with E-state index in [1.54, 1.807) is 0 Å². The van der Waals surface area contributed by atoms with Crippen LogP contribution >= 0.6 is 0 Å². The molecule has 8 heavy (non-hydrogen) atoms. The second-order valence-corrected chi connectivity index (χ2v) is 2.23. The number of hydrogen-bond acceptors (Lipinski definition) is 3. The maximum absolute atomic E-state index is 10.0. The molecule has 0 saturated heterocycles. The Morgan fingerprint density at radius 3 is 2.75 bits per heavy atom. The van der Waals surface area contributed by atoms with Gasteiger partial charge in [0.05, 0.1) is 0 Å². The molecule has 0 atom stereocenters. The van der Waals surface area contributed by atoms with E-state index in [9.17, 15) is 4.79 Å². The third-order valence-corrected chi connectivity index (χ3v) is 1.12. The molecule has 0 fully saturated rings. The third kappa shape index (κ3) is 5.65. The van der Waals surface area contributed by atoms with Crippen molar-refractivity contribution >= 4 is 15.7 Å². The molecule has 4 heteroatoms. The van der Waals surface area contributed by atoms with E-state index in [2.05, 4.69) is 4.74 Å². The fraction of sp³-hybridized carbons (Fsp3) is 0.750. The van der Waals surface area contributed by atoms with Gasteiger partial charge >= 0.3 is 5.97 Å². The van der Waals surface area contributed by atoms with E-state index in [-0.39, 0.29) is 12.8 Å². The summed E-state index contributed by atoms with van der Waals surface area (Å²) in [4.78, 5) is 10.0. The van der Waals surface area contributed by atoms with Gasteiger partial charge in [-0.15, -0.1) is 0 Å². The van der Waals surface area contributed by atoms with Gasteiger partial charge in [-0.1, -0.05) is 6.55 Å². The fourth-order valence-corrected chi connectivity index (χ4v) is 0.458. The smallest absolute Gasteiger partial charge is 0.304 e. The van der Waals surface area contributed by atoms with E-state index in [0.29, 0.717) is 0 Å². The van der Waals surface area contributed by atoms with E-state index < -0.39 is 9.76 Å². The van der Waals surface area contributed by atoms with E-state index in [0.717, 1.165) is 0 Å². The van der Waals surface area contributed by atoms with Crippen LogP contribution in [0.15, 0.2) is 0 Å². The highest BCUT2D eigenvalue weighted by Crippen LogP contribution is 1.75. The van der Waals surface area contributed by atoms with Crippen molar-refractivity contribution in [1.82, 2.24) is 0 Å². The molecule has 0 aromatic rings. The highest BCUT2D eigenvalue weighted by molar-refractivity contribution is 6.24. The minimum absolute atomic E-state index is 0.137. The number of ether oxygens (including phenoxy) is 1. The normalized spacial score (nSPS) is 10.2. The lowest BCUT2D eigenvalue weighted by molar-refractivity contribution is -0.147. The van der Waals surface area contributed by atoms with Crippen LogP contribution in [0.3, 0.4) is 0 Å². The summed E-state index contributed by atoms with van der Waals surface area (Å²) in [6, 6.07) is 0. The lowest BCUT2D eigenvalue weighted by atomic mass is 10.8. The van der Waals surface area contributed by atoms with Crippen LogP contribution in [0.4, 0.5) is 0 Å². The summed E-state index contributed by atoms with van der Waals surface area (Å²) in [7, 11) is -0.406. The van der Waals surface area contributed by atoms with Crippen LogP contribution in [0, 0.1) is 0 Å². The van der Waals surface area contributed by atoms with Crippen LogP contribution in [0.2, 0.25) is 6.55 Å². The van der Waals surface area contributed by atoms with Crippen LogP contribution in [-0.2, 0) is 14.0 Å². The molecule has 0 heterocycles. The van der Waals surface area contributed by atoms with Gasteiger partial charge in [0.25, 0.3) is 0 Å². The highest BCUT2D eigenvalue weighted by atomic mass is 28.2. The van der Waals surface area contributed by atoms with Crippen LogP contribution in [0.5, 0.6) is 0 Å². The molecule has 0 rings (SSSR count). The van der Waals surface area contributed by atoms with Gasteiger partial charge in [-0.3, -0.25) is 4.79 Å². The Morgan fingerprint density at radius 2 is 2.38 bits per heavy atom. The van der Waals surface area contributed by atoms with E-state index in [4.69, 9.17) is 4.43 Å². The largest absolute Gasteiger partial charge is 0.440 e. The average molecular weight is 134 g/mol. The van der Waals surface area contributed by atoms with Gasteiger partial charge in [-0.2, -0.15) is 0 Å². The van der Waals surface area contributed by atoms with E-state index in [1.165, 1.54) is 6.92 Å². The Balaban J connectivity index is 2.82. The van der Waals surface area contributed by atoms with Crippen molar-refractivity contribution in [3.63, 3.8) is 0 Å². The molecular formula is C4H10O3Si. The summed E-state index contributed by atoms with van der Waals surface area (Å²) >= 11 is 0. The number of rotatable bonds is 3. The third-order valence-electron chi connectivity index (χ3n) is 0.550. The second-order valence-electron chi connectivity index (χ2n) is 1.25. The number of carbonyl (C=O) groups excluding carboxylic acids is 1. The summed E-state index contributed by atoms with van der Waals surface area (Å²) in [6.07, 6.45) is 0. The van der Waals surface area contributed by atoms with Crippen LogP contribution in [0.25, 0.3) is 0 Å². The van der Waals surface area contributed by atoms with E-state index >= 15 is 0 Å². The Labute approximate surface area is 50.9 Å². The van der Waals surface area contributed by atoms with Crippen molar-refractivity contribution < 1.29 is 14.0 Å². The first-order valence-electron chi connectivity index (χ1n) is 2.48. The summed E-state index contributed by atoms with van der Waals surface area (Å²) in [5.74, 6) is -0.285. The summed E-state index contributed by atoms with van der Waals surface area (Å²) in [6.45, 7) is 3.47. The molecule has 3 nitrogen and oxygen atoms in total. The van der Waals surface area contributed by atoms with Gasteiger partial charge in [0.1, 0.15) is 0 Å². The molecule has 0 aliphatic rings. The molecule has 0 radical (unpaired) electrons.